The fourth-order valence-corrected chi connectivity index (χ4v) is 1.27. The van der Waals surface area contributed by atoms with E-state index in [2.05, 4.69) is 9.44 Å². The molecule has 12 heavy (non-hydrogen) atoms. The van der Waals surface area contributed by atoms with Crippen LogP contribution < -0.4 is 9.44 Å². The second-order valence-corrected chi connectivity index (χ2v) is 4.20. The van der Waals surface area contributed by atoms with Gasteiger partial charge in [-0.3, -0.25) is 0 Å². The second kappa shape index (κ2) is 5.47. The van der Waals surface area contributed by atoms with Crippen molar-refractivity contribution < 1.29 is 13.5 Å². The van der Waals surface area contributed by atoms with Crippen molar-refractivity contribution in [3.63, 3.8) is 0 Å². The molecule has 0 heterocycles. The fourth-order valence-electron chi connectivity index (χ4n) is 0.713. The summed E-state index contributed by atoms with van der Waals surface area (Å²) in [5, 5.41) is 9.15. The van der Waals surface area contributed by atoms with E-state index >= 15 is 0 Å². The van der Waals surface area contributed by atoms with Gasteiger partial charge in [0.05, 0.1) is 6.10 Å². The summed E-state index contributed by atoms with van der Waals surface area (Å²) < 4.78 is 25.8. The Morgan fingerprint density at radius 3 is 2.50 bits per heavy atom. The van der Waals surface area contributed by atoms with Crippen LogP contribution in [0.4, 0.5) is 0 Å². The number of nitrogens with one attached hydrogen (secondary N) is 2. The molecule has 3 N–H and O–H groups in total. The number of hydrogen-bond acceptors (Lipinski definition) is 3. The molecule has 0 fully saturated rings. The van der Waals surface area contributed by atoms with Crippen LogP contribution in [0.2, 0.25) is 0 Å². The van der Waals surface area contributed by atoms with Crippen LogP contribution in [0.25, 0.3) is 0 Å². The van der Waals surface area contributed by atoms with Crippen LogP contribution in [-0.4, -0.2) is 33.2 Å². The summed E-state index contributed by atoms with van der Waals surface area (Å²) in [4.78, 5) is 0. The molecule has 0 saturated heterocycles. The smallest absolute Gasteiger partial charge is 0.276 e. The van der Waals surface area contributed by atoms with E-state index in [-0.39, 0.29) is 6.54 Å². The third-order valence-corrected chi connectivity index (χ3v) is 2.48. The first-order valence-corrected chi connectivity index (χ1v) is 5.36. The lowest BCUT2D eigenvalue weighted by Gasteiger charge is -2.09. The highest BCUT2D eigenvalue weighted by Gasteiger charge is 2.08. The summed E-state index contributed by atoms with van der Waals surface area (Å²) in [7, 11) is -2.08. The van der Waals surface area contributed by atoms with Crippen LogP contribution in [0.3, 0.4) is 0 Å². The van der Waals surface area contributed by atoms with E-state index in [1.165, 1.54) is 7.05 Å². The first-order chi connectivity index (χ1) is 5.52. The summed E-state index contributed by atoms with van der Waals surface area (Å²) in [5.41, 5.74) is 0. The van der Waals surface area contributed by atoms with Gasteiger partial charge in [-0.05, 0) is 6.42 Å². The average molecular weight is 196 g/mol. The van der Waals surface area contributed by atoms with Gasteiger partial charge < -0.3 is 5.11 Å². The van der Waals surface area contributed by atoms with Gasteiger partial charge in [-0.1, -0.05) is 13.3 Å². The molecule has 0 saturated carbocycles. The summed E-state index contributed by atoms with van der Waals surface area (Å²) >= 11 is 0. The molecule has 0 aliphatic heterocycles. The lowest BCUT2D eigenvalue weighted by molar-refractivity contribution is 0.167. The zero-order valence-corrected chi connectivity index (χ0v) is 8.19. The highest BCUT2D eigenvalue weighted by molar-refractivity contribution is 7.87. The van der Waals surface area contributed by atoms with Crippen LogP contribution in [-0.2, 0) is 10.2 Å². The molecule has 0 rings (SSSR count). The van der Waals surface area contributed by atoms with E-state index in [0.29, 0.717) is 6.42 Å². The van der Waals surface area contributed by atoms with Crippen molar-refractivity contribution in [1.29, 1.82) is 0 Å². The van der Waals surface area contributed by atoms with Gasteiger partial charge in [-0.15, -0.1) is 0 Å². The minimum absolute atomic E-state index is 0.0665. The Balaban J connectivity index is 3.68. The number of hydrogen-bond donors (Lipinski definition) is 3. The molecule has 0 radical (unpaired) electrons. The Morgan fingerprint density at radius 1 is 1.50 bits per heavy atom. The van der Waals surface area contributed by atoms with Gasteiger partial charge in [0.1, 0.15) is 0 Å². The topological polar surface area (TPSA) is 78.4 Å². The molecule has 1 unspecified atom stereocenters. The van der Waals surface area contributed by atoms with E-state index < -0.39 is 16.3 Å². The maximum Gasteiger partial charge on any atom is 0.276 e. The summed E-state index contributed by atoms with van der Waals surface area (Å²) in [6.07, 6.45) is 0.840. The first-order valence-electron chi connectivity index (χ1n) is 3.88. The Bertz CT molecular complexity index is 203. The van der Waals surface area contributed by atoms with E-state index in [0.717, 1.165) is 6.42 Å². The van der Waals surface area contributed by atoms with Crippen molar-refractivity contribution in [2.24, 2.45) is 0 Å². The highest BCUT2D eigenvalue weighted by Crippen LogP contribution is 1.93. The van der Waals surface area contributed by atoms with Crippen molar-refractivity contribution in [3.8, 4) is 0 Å². The number of rotatable bonds is 6. The molecule has 6 heteroatoms. The first kappa shape index (κ1) is 11.8. The largest absolute Gasteiger partial charge is 0.392 e. The van der Waals surface area contributed by atoms with Crippen LogP contribution in [0.5, 0.6) is 0 Å². The fraction of sp³-hybridized carbons (Fsp3) is 1.00. The van der Waals surface area contributed by atoms with Gasteiger partial charge in [0.2, 0.25) is 0 Å². The minimum Gasteiger partial charge on any atom is -0.392 e. The Hall–Kier alpha value is -0.170. The van der Waals surface area contributed by atoms with Crippen LogP contribution in [0.1, 0.15) is 19.8 Å². The van der Waals surface area contributed by atoms with Crippen LogP contribution in [0, 0.1) is 0 Å². The van der Waals surface area contributed by atoms with Crippen LogP contribution >= 0.6 is 0 Å². The molecule has 0 aromatic rings. The second-order valence-electron chi connectivity index (χ2n) is 2.50. The average Bonchev–Trinajstić information content (AvgIpc) is 2.02. The normalized spacial score (nSPS) is 14.6. The Morgan fingerprint density at radius 2 is 2.08 bits per heavy atom. The molecule has 0 aliphatic carbocycles. The van der Waals surface area contributed by atoms with Crippen molar-refractivity contribution in [3.05, 3.63) is 0 Å². The molecule has 5 nitrogen and oxygen atoms in total. The van der Waals surface area contributed by atoms with Gasteiger partial charge in [-0.25, -0.2) is 4.72 Å². The molecule has 0 aromatic heterocycles. The van der Waals surface area contributed by atoms with Crippen molar-refractivity contribution in [2.75, 3.05) is 13.6 Å². The predicted octanol–water partition coefficient (Wildman–Crippen LogP) is -0.799. The molecule has 0 aliphatic rings. The van der Waals surface area contributed by atoms with E-state index in [4.69, 9.17) is 5.11 Å². The molecular weight excluding hydrogens is 180 g/mol. The molecule has 0 aromatic carbocycles. The van der Waals surface area contributed by atoms with Gasteiger partial charge in [-0.2, -0.15) is 13.1 Å². The minimum atomic E-state index is -3.39. The molecule has 0 spiro atoms. The summed E-state index contributed by atoms with van der Waals surface area (Å²) in [6, 6.07) is 0. The molecular formula is C6H16N2O3S. The lowest BCUT2D eigenvalue weighted by atomic mass is 10.2. The van der Waals surface area contributed by atoms with E-state index in [9.17, 15) is 8.42 Å². The predicted molar refractivity (Wildman–Crippen MR) is 46.9 cm³/mol. The van der Waals surface area contributed by atoms with Crippen molar-refractivity contribution in [2.45, 2.75) is 25.9 Å². The Kier molecular flexibility index (Phi) is 5.39. The number of aliphatic hydroxyl groups excluding tert-OH is 1. The lowest BCUT2D eigenvalue weighted by Crippen LogP contribution is -2.38. The molecule has 1 atom stereocenters. The maximum atomic E-state index is 10.8. The van der Waals surface area contributed by atoms with Crippen molar-refractivity contribution in [1.82, 2.24) is 9.44 Å². The molecule has 0 amide bonds. The van der Waals surface area contributed by atoms with Crippen LogP contribution in [0.15, 0.2) is 0 Å². The van der Waals surface area contributed by atoms with Gasteiger partial charge in [0.15, 0.2) is 0 Å². The standard InChI is InChI=1S/C6H16N2O3S/c1-3-4-6(9)5-8-12(10,11)7-2/h6-9H,3-5H2,1-2H3. The summed E-state index contributed by atoms with van der Waals surface area (Å²) in [6.45, 7) is 1.99. The third kappa shape index (κ3) is 5.48. The van der Waals surface area contributed by atoms with Crippen molar-refractivity contribution >= 4 is 10.2 Å². The monoisotopic (exact) mass is 196 g/mol. The number of aliphatic hydroxyl groups is 1. The SMILES string of the molecule is CCCC(O)CNS(=O)(=O)NC. The van der Waals surface area contributed by atoms with E-state index in [1.807, 2.05) is 6.92 Å². The van der Waals surface area contributed by atoms with Gasteiger partial charge >= 0.3 is 0 Å². The zero-order valence-electron chi connectivity index (χ0n) is 7.37. The van der Waals surface area contributed by atoms with Gasteiger partial charge in [0.25, 0.3) is 10.2 Å². The molecule has 74 valence electrons. The molecule has 0 bridgehead atoms. The zero-order chi connectivity index (χ0) is 9.61. The Labute approximate surface area is 73.4 Å². The summed E-state index contributed by atoms with van der Waals surface area (Å²) in [5.74, 6) is 0. The van der Waals surface area contributed by atoms with E-state index in [1.54, 1.807) is 0 Å². The third-order valence-electron chi connectivity index (χ3n) is 1.40. The van der Waals surface area contributed by atoms with Gasteiger partial charge in [0, 0.05) is 13.6 Å². The highest BCUT2D eigenvalue weighted by atomic mass is 32.2. The maximum absolute atomic E-state index is 10.8. The quantitative estimate of drug-likeness (QED) is 0.520.